The quantitative estimate of drug-likeness (QED) is 0.482. The molecule has 0 bridgehead atoms. The van der Waals surface area contributed by atoms with E-state index in [0.29, 0.717) is 0 Å². The van der Waals surface area contributed by atoms with Crippen molar-refractivity contribution in [3.8, 4) is 5.75 Å². The maximum atomic E-state index is 11.3. The van der Waals surface area contributed by atoms with Crippen LogP contribution in [-0.4, -0.2) is 8.07 Å². The van der Waals surface area contributed by atoms with Crippen LogP contribution in [-0.2, 0) is 0 Å². The Balaban J connectivity index is 0.00000121. The number of para-hydroxylation sites is 1. The van der Waals surface area contributed by atoms with Gasteiger partial charge in [-0.05, 0) is 0 Å². The van der Waals surface area contributed by atoms with Gasteiger partial charge in [-0.25, -0.2) is 0 Å². The predicted octanol–water partition coefficient (Wildman–Crippen LogP) is -1.69. The van der Waals surface area contributed by atoms with E-state index in [1.54, 1.807) is 12.1 Å². The van der Waals surface area contributed by atoms with Crippen molar-refractivity contribution in [2.24, 2.45) is 0 Å². The summed E-state index contributed by atoms with van der Waals surface area (Å²) in [5.74, 6) is 0.201. The van der Waals surface area contributed by atoms with Crippen LogP contribution in [0.4, 0.5) is 0 Å². The number of rotatable bonds is 1. The molecule has 0 saturated heterocycles. The van der Waals surface area contributed by atoms with Crippen LogP contribution in [0.1, 0.15) is 0 Å². The molecule has 1 rings (SSSR count). The van der Waals surface area contributed by atoms with E-state index in [1.807, 2.05) is 12.1 Å². The molecule has 0 radical (unpaired) electrons. The smallest absolute Gasteiger partial charge is 0.873 e. The summed E-state index contributed by atoms with van der Waals surface area (Å²) in [6.45, 7) is 6.55. The van der Waals surface area contributed by atoms with Crippen molar-refractivity contribution in [2.75, 3.05) is 0 Å². The molecule has 0 fully saturated rings. The fourth-order valence-corrected chi connectivity index (χ4v) is 2.51. The second-order valence-electron chi connectivity index (χ2n) is 3.75. The molecule has 0 saturated carbocycles. The van der Waals surface area contributed by atoms with Gasteiger partial charge in [-0.1, -0.05) is 49.1 Å². The standard InChI is InChI=1S/C9H14OSi.Na/c1-11(2,3)9-7-5-4-6-8(9)10;/h4-7,10H,1-3H3;/q;+1/p-1. The van der Waals surface area contributed by atoms with Crippen molar-refractivity contribution >= 4 is 13.3 Å². The topological polar surface area (TPSA) is 23.1 Å². The molecule has 3 heteroatoms. The average molecular weight is 188 g/mol. The van der Waals surface area contributed by atoms with Gasteiger partial charge in [0.2, 0.25) is 0 Å². The van der Waals surface area contributed by atoms with Gasteiger partial charge in [0, 0.05) is 0 Å². The van der Waals surface area contributed by atoms with Gasteiger partial charge < -0.3 is 5.11 Å². The Bertz CT molecular complexity index is 255. The van der Waals surface area contributed by atoms with Crippen LogP contribution in [0.5, 0.6) is 5.75 Å². The zero-order valence-electron chi connectivity index (χ0n) is 8.22. The summed E-state index contributed by atoms with van der Waals surface area (Å²) in [5, 5.41) is 12.3. The Morgan fingerprint density at radius 3 is 1.92 bits per heavy atom. The minimum absolute atomic E-state index is 0. The Morgan fingerprint density at radius 1 is 1.08 bits per heavy atom. The molecule has 0 N–H and O–H groups in total. The molecule has 1 aromatic rings. The van der Waals surface area contributed by atoms with Crippen LogP contribution in [0.15, 0.2) is 24.3 Å². The number of hydrogen-bond acceptors (Lipinski definition) is 1. The summed E-state index contributed by atoms with van der Waals surface area (Å²) in [6.07, 6.45) is 0. The zero-order chi connectivity index (χ0) is 8.48. The molecule has 0 spiro atoms. The Hall–Kier alpha value is 0.237. The summed E-state index contributed by atoms with van der Waals surface area (Å²) >= 11 is 0. The first-order chi connectivity index (χ1) is 5.02. The van der Waals surface area contributed by atoms with E-state index in [1.165, 1.54) is 0 Å². The van der Waals surface area contributed by atoms with E-state index in [4.69, 9.17) is 0 Å². The molecule has 0 unspecified atom stereocenters. The Kier molecular flexibility index (Phi) is 4.55. The van der Waals surface area contributed by atoms with Crippen molar-refractivity contribution in [1.29, 1.82) is 0 Å². The fourth-order valence-electron chi connectivity index (χ4n) is 1.09. The van der Waals surface area contributed by atoms with E-state index in [0.717, 1.165) is 5.19 Å². The molecule has 12 heavy (non-hydrogen) atoms. The second-order valence-corrected chi connectivity index (χ2v) is 8.78. The summed E-state index contributed by atoms with van der Waals surface area (Å²) in [4.78, 5) is 0. The molecule has 0 aliphatic rings. The Labute approximate surface area is 97.1 Å². The van der Waals surface area contributed by atoms with Crippen LogP contribution in [0, 0.1) is 0 Å². The van der Waals surface area contributed by atoms with Gasteiger partial charge in [0.15, 0.2) is 0 Å². The van der Waals surface area contributed by atoms with Gasteiger partial charge in [0.25, 0.3) is 0 Å². The van der Waals surface area contributed by atoms with Crippen molar-refractivity contribution in [1.82, 2.24) is 0 Å². The average Bonchev–Trinajstić information content (AvgIpc) is 1.86. The SMILES string of the molecule is C[Si](C)(C)c1ccccc1[O-].[Na+]. The van der Waals surface area contributed by atoms with Crippen LogP contribution in [0.3, 0.4) is 0 Å². The third-order valence-corrected chi connectivity index (χ3v) is 3.72. The molecule has 0 atom stereocenters. The maximum Gasteiger partial charge on any atom is 1.00 e. The van der Waals surface area contributed by atoms with Crippen molar-refractivity contribution in [3.05, 3.63) is 24.3 Å². The minimum atomic E-state index is -1.39. The fraction of sp³-hybridized carbons (Fsp3) is 0.333. The molecule has 0 aromatic heterocycles. The van der Waals surface area contributed by atoms with E-state index < -0.39 is 8.07 Å². The summed E-state index contributed by atoms with van der Waals surface area (Å²) in [7, 11) is -1.39. The number of hydrogen-bond donors (Lipinski definition) is 0. The third-order valence-electron chi connectivity index (χ3n) is 1.70. The Morgan fingerprint density at radius 2 is 1.58 bits per heavy atom. The van der Waals surface area contributed by atoms with E-state index >= 15 is 0 Å². The van der Waals surface area contributed by atoms with E-state index in [-0.39, 0.29) is 35.3 Å². The summed E-state index contributed by atoms with van der Waals surface area (Å²) < 4.78 is 0. The van der Waals surface area contributed by atoms with E-state index in [2.05, 4.69) is 19.6 Å². The van der Waals surface area contributed by atoms with Crippen LogP contribution in [0.25, 0.3) is 0 Å². The van der Waals surface area contributed by atoms with Gasteiger partial charge in [-0.2, -0.15) is 0 Å². The molecule has 0 aliphatic carbocycles. The van der Waals surface area contributed by atoms with Gasteiger partial charge in [-0.3, -0.25) is 0 Å². The molecular weight excluding hydrogens is 175 g/mol. The van der Waals surface area contributed by atoms with E-state index in [9.17, 15) is 5.11 Å². The summed E-state index contributed by atoms with van der Waals surface area (Å²) in [6, 6.07) is 7.34. The zero-order valence-corrected chi connectivity index (χ0v) is 11.2. The molecular formula is C9H13NaOSi. The minimum Gasteiger partial charge on any atom is -0.873 e. The normalized spacial score (nSPS) is 10.6. The first kappa shape index (κ1) is 12.2. The maximum absolute atomic E-state index is 11.3. The van der Waals surface area contributed by atoms with Crippen LogP contribution >= 0.6 is 0 Å². The van der Waals surface area contributed by atoms with Crippen molar-refractivity contribution < 1.29 is 34.7 Å². The van der Waals surface area contributed by atoms with Crippen LogP contribution < -0.4 is 39.9 Å². The van der Waals surface area contributed by atoms with Gasteiger partial charge in [0.1, 0.15) is 0 Å². The third kappa shape index (κ3) is 2.94. The predicted molar refractivity (Wildman–Crippen MR) is 48.9 cm³/mol. The molecule has 1 nitrogen and oxygen atoms in total. The molecule has 0 heterocycles. The molecule has 0 amide bonds. The van der Waals surface area contributed by atoms with Crippen molar-refractivity contribution in [3.63, 3.8) is 0 Å². The molecule has 1 aromatic carbocycles. The first-order valence-electron chi connectivity index (χ1n) is 3.78. The van der Waals surface area contributed by atoms with Gasteiger partial charge in [-0.15, -0.1) is 5.75 Å². The second kappa shape index (κ2) is 4.47. The van der Waals surface area contributed by atoms with Crippen molar-refractivity contribution in [2.45, 2.75) is 19.6 Å². The molecule has 60 valence electrons. The van der Waals surface area contributed by atoms with Crippen LogP contribution in [0.2, 0.25) is 19.6 Å². The monoisotopic (exact) mass is 188 g/mol. The van der Waals surface area contributed by atoms with Gasteiger partial charge >= 0.3 is 29.6 Å². The van der Waals surface area contributed by atoms with Gasteiger partial charge in [0.05, 0.1) is 8.07 Å². The largest absolute Gasteiger partial charge is 1.00 e. The first-order valence-corrected chi connectivity index (χ1v) is 7.28. The molecule has 0 aliphatic heterocycles. The number of benzene rings is 1. The summed E-state index contributed by atoms with van der Waals surface area (Å²) in [5.41, 5.74) is 0.